The molecule has 100 valence electrons. The van der Waals surface area contributed by atoms with Crippen molar-refractivity contribution in [1.29, 1.82) is 0 Å². The van der Waals surface area contributed by atoms with Crippen LogP contribution in [0.1, 0.15) is 18.7 Å². The second kappa shape index (κ2) is 6.36. The van der Waals surface area contributed by atoms with Crippen molar-refractivity contribution in [2.75, 3.05) is 5.88 Å². The van der Waals surface area contributed by atoms with Crippen molar-refractivity contribution in [3.05, 3.63) is 52.7 Å². The number of allylic oxidation sites excluding steroid dienone is 1. The van der Waals surface area contributed by atoms with E-state index in [0.29, 0.717) is 11.8 Å². The summed E-state index contributed by atoms with van der Waals surface area (Å²) in [7, 11) is 0. The average molecular weight is 295 g/mol. The number of rotatable bonds is 4. The van der Waals surface area contributed by atoms with Crippen molar-refractivity contribution in [2.45, 2.75) is 13.8 Å². The van der Waals surface area contributed by atoms with Crippen LogP contribution >= 0.6 is 22.9 Å². The van der Waals surface area contributed by atoms with Gasteiger partial charge in [0.15, 0.2) is 0 Å². The number of alkyl halides is 1. The number of halogens is 2. The maximum atomic E-state index is 12.9. The Balaban J connectivity index is 2.26. The minimum atomic E-state index is -0.204. The minimum absolute atomic E-state index is 0.204. The van der Waals surface area contributed by atoms with E-state index in [9.17, 15) is 4.39 Å². The smallest absolute Gasteiger partial charge is 0.123 e. The molecule has 0 aliphatic carbocycles. The van der Waals surface area contributed by atoms with E-state index in [1.165, 1.54) is 22.6 Å². The molecule has 0 saturated carbocycles. The van der Waals surface area contributed by atoms with Gasteiger partial charge in [0, 0.05) is 15.6 Å². The highest BCUT2D eigenvalue weighted by atomic mass is 35.5. The van der Waals surface area contributed by atoms with Crippen LogP contribution in [0.2, 0.25) is 0 Å². The molecule has 1 heterocycles. The van der Waals surface area contributed by atoms with Crippen LogP contribution in [-0.4, -0.2) is 5.88 Å². The van der Waals surface area contributed by atoms with Gasteiger partial charge < -0.3 is 0 Å². The summed E-state index contributed by atoms with van der Waals surface area (Å²) in [6.45, 7) is 4.28. The van der Waals surface area contributed by atoms with Gasteiger partial charge in [0.1, 0.15) is 5.82 Å². The first-order valence-corrected chi connectivity index (χ1v) is 7.57. The molecule has 0 aliphatic heterocycles. The molecule has 3 heteroatoms. The normalized spacial score (nSPS) is 12.2. The highest BCUT2D eigenvalue weighted by molar-refractivity contribution is 7.16. The van der Waals surface area contributed by atoms with Crippen LogP contribution in [0.3, 0.4) is 0 Å². The largest absolute Gasteiger partial charge is 0.207 e. The van der Waals surface area contributed by atoms with Crippen molar-refractivity contribution in [3.63, 3.8) is 0 Å². The Labute approximate surface area is 122 Å². The van der Waals surface area contributed by atoms with Crippen LogP contribution in [0.4, 0.5) is 4.39 Å². The lowest BCUT2D eigenvalue weighted by atomic mass is 10.0. The SMILES string of the molecule is CC(C)C(=Cc1ccc(-c2ccc(F)cc2)s1)CCl. The summed E-state index contributed by atoms with van der Waals surface area (Å²) in [6, 6.07) is 10.7. The second-order valence-corrected chi connectivity index (χ2v) is 6.10. The van der Waals surface area contributed by atoms with Gasteiger partial charge >= 0.3 is 0 Å². The van der Waals surface area contributed by atoms with E-state index in [0.717, 1.165) is 10.4 Å². The molecular weight excluding hydrogens is 279 g/mol. The Hall–Kier alpha value is -1.12. The van der Waals surface area contributed by atoms with Gasteiger partial charge in [-0.25, -0.2) is 4.39 Å². The van der Waals surface area contributed by atoms with Crippen LogP contribution in [-0.2, 0) is 0 Å². The second-order valence-electron chi connectivity index (χ2n) is 4.72. The third kappa shape index (κ3) is 3.68. The van der Waals surface area contributed by atoms with Crippen LogP contribution in [0.15, 0.2) is 42.0 Å². The standard InChI is InChI=1S/C16H16ClFS/c1-11(2)13(10-17)9-15-7-8-16(19-15)12-3-5-14(18)6-4-12/h3-9,11H,10H2,1-2H3. The zero-order valence-corrected chi connectivity index (χ0v) is 12.6. The molecule has 2 rings (SSSR count). The first-order chi connectivity index (χ1) is 9.10. The average Bonchev–Trinajstić information content (AvgIpc) is 2.85. The zero-order chi connectivity index (χ0) is 13.8. The third-order valence-corrected chi connectivity index (χ3v) is 4.37. The van der Waals surface area contributed by atoms with Crippen molar-refractivity contribution in [1.82, 2.24) is 0 Å². The predicted molar refractivity (Wildman–Crippen MR) is 83.2 cm³/mol. The van der Waals surface area contributed by atoms with E-state index >= 15 is 0 Å². The summed E-state index contributed by atoms with van der Waals surface area (Å²) in [6.07, 6.45) is 2.15. The van der Waals surface area contributed by atoms with E-state index in [4.69, 9.17) is 11.6 Å². The van der Waals surface area contributed by atoms with Crippen molar-refractivity contribution < 1.29 is 4.39 Å². The Morgan fingerprint density at radius 2 is 1.89 bits per heavy atom. The van der Waals surface area contributed by atoms with Gasteiger partial charge in [0.25, 0.3) is 0 Å². The Morgan fingerprint density at radius 3 is 2.47 bits per heavy atom. The molecule has 0 atom stereocenters. The predicted octanol–water partition coefficient (Wildman–Crippen LogP) is 5.83. The van der Waals surface area contributed by atoms with Crippen molar-refractivity contribution in [3.8, 4) is 10.4 Å². The first-order valence-electron chi connectivity index (χ1n) is 6.22. The van der Waals surface area contributed by atoms with E-state index in [-0.39, 0.29) is 5.82 Å². The summed E-state index contributed by atoms with van der Waals surface area (Å²) in [5.41, 5.74) is 2.28. The first kappa shape index (κ1) is 14.3. The lowest BCUT2D eigenvalue weighted by Gasteiger charge is -2.06. The van der Waals surface area contributed by atoms with Gasteiger partial charge in [-0.05, 0) is 41.8 Å². The highest BCUT2D eigenvalue weighted by Gasteiger charge is 2.05. The zero-order valence-electron chi connectivity index (χ0n) is 11.0. The van der Waals surface area contributed by atoms with Gasteiger partial charge in [-0.1, -0.05) is 31.6 Å². The van der Waals surface area contributed by atoms with Crippen LogP contribution in [0.5, 0.6) is 0 Å². The quantitative estimate of drug-likeness (QED) is 0.622. The minimum Gasteiger partial charge on any atom is -0.207 e. The molecule has 0 nitrogen and oxygen atoms in total. The Kier molecular flexibility index (Phi) is 4.78. The molecule has 2 aromatic rings. The molecule has 0 N–H and O–H groups in total. The molecule has 0 aliphatic rings. The van der Waals surface area contributed by atoms with Gasteiger partial charge in [0.05, 0.1) is 0 Å². The van der Waals surface area contributed by atoms with Gasteiger partial charge in [-0.2, -0.15) is 0 Å². The Morgan fingerprint density at radius 1 is 1.21 bits per heavy atom. The number of hydrogen-bond acceptors (Lipinski definition) is 1. The van der Waals surface area contributed by atoms with E-state index in [1.54, 1.807) is 23.5 Å². The molecule has 0 amide bonds. The number of thiophene rings is 1. The maximum absolute atomic E-state index is 12.9. The van der Waals surface area contributed by atoms with E-state index < -0.39 is 0 Å². The fourth-order valence-corrected chi connectivity index (χ4v) is 3.12. The highest BCUT2D eigenvalue weighted by Crippen LogP contribution is 2.30. The van der Waals surface area contributed by atoms with Crippen LogP contribution in [0.25, 0.3) is 16.5 Å². The molecule has 0 spiro atoms. The number of benzene rings is 1. The molecule has 0 unspecified atom stereocenters. The molecule has 0 bridgehead atoms. The lowest BCUT2D eigenvalue weighted by molar-refractivity contribution is 0.628. The summed E-state index contributed by atoms with van der Waals surface area (Å²) in [4.78, 5) is 2.33. The number of hydrogen-bond donors (Lipinski definition) is 0. The van der Waals surface area contributed by atoms with Crippen molar-refractivity contribution >= 4 is 29.0 Å². The third-order valence-electron chi connectivity index (χ3n) is 2.98. The summed E-state index contributed by atoms with van der Waals surface area (Å²) in [5.74, 6) is 0.806. The Bertz CT molecular complexity index is 567. The van der Waals surface area contributed by atoms with Crippen LogP contribution < -0.4 is 0 Å². The van der Waals surface area contributed by atoms with E-state index in [1.807, 2.05) is 0 Å². The lowest BCUT2D eigenvalue weighted by Crippen LogP contribution is -1.94. The molecule has 19 heavy (non-hydrogen) atoms. The molecular formula is C16H16ClFS. The molecule has 0 saturated heterocycles. The topological polar surface area (TPSA) is 0 Å². The molecule has 0 fully saturated rings. The fourth-order valence-electron chi connectivity index (χ4n) is 1.74. The van der Waals surface area contributed by atoms with Gasteiger partial charge in [-0.3, -0.25) is 0 Å². The summed E-state index contributed by atoms with van der Waals surface area (Å²) in [5, 5.41) is 0. The fraction of sp³-hybridized carbons (Fsp3) is 0.250. The molecule has 1 aromatic heterocycles. The molecule has 0 radical (unpaired) electrons. The monoisotopic (exact) mass is 294 g/mol. The summed E-state index contributed by atoms with van der Waals surface area (Å²) < 4.78 is 12.9. The summed E-state index contributed by atoms with van der Waals surface area (Å²) >= 11 is 7.64. The maximum Gasteiger partial charge on any atom is 0.123 e. The molecule has 1 aromatic carbocycles. The van der Waals surface area contributed by atoms with Gasteiger partial charge in [0.2, 0.25) is 0 Å². The van der Waals surface area contributed by atoms with Crippen LogP contribution in [0, 0.1) is 11.7 Å². The van der Waals surface area contributed by atoms with E-state index in [2.05, 4.69) is 32.1 Å². The van der Waals surface area contributed by atoms with Gasteiger partial charge in [-0.15, -0.1) is 22.9 Å². The van der Waals surface area contributed by atoms with Crippen molar-refractivity contribution in [2.24, 2.45) is 5.92 Å².